The fraction of sp³-hybridized carbons (Fsp3) is 0.267. The fourth-order valence-corrected chi connectivity index (χ4v) is 2.82. The van der Waals surface area contributed by atoms with Gasteiger partial charge in [0.05, 0.1) is 12.2 Å². The summed E-state index contributed by atoms with van der Waals surface area (Å²) in [4.78, 5) is 15.2. The number of aromatic nitrogens is 3. The normalized spacial score (nSPS) is 11.2. The molecule has 0 saturated carbocycles. The van der Waals surface area contributed by atoms with Gasteiger partial charge in [0.1, 0.15) is 11.5 Å². The number of hydrogen-bond donors (Lipinski definition) is 0. The minimum absolute atomic E-state index is 0.679. The Hall–Kier alpha value is -2.05. The van der Waals surface area contributed by atoms with E-state index in [0.29, 0.717) is 5.82 Å². The third-order valence-corrected chi connectivity index (χ3v) is 3.85. The Bertz CT molecular complexity index is 707. The molecule has 0 atom stereocenters. The molecule has 0 spiro atoms. The minimum Gasteiger partial charge on any atom is -0.465 e. The third-order valence-electron chi connectivity index (χ3n) is 2.96. The summed E-state index contributed by atoms with van der Waals surface area (Å²) >= 11 is 1.57. The van der Waals surface area contributed by atoms with Crippen molar-refractivity contribution in [3.8, 4) is 10.8 Å². The van der Waals surface area contributed by atoms with E-state index in [2.05, 4.69) is 32.3 Å². The first-order valence-corrected chi connectivity index (χ1v) is 7.54. The van der Waals surface area contributed by atoms with E-state index in [-0.39, 0.29) is 0 Å². The first-order chi connectivity index (χ1) is 10.2. The van der Waals surface area contributed by atoms with E-state index in [1.54, 1.807) is 29.8 Å². The summed E-state index contributed by atoms with van der Waals surface area (Å²) in [6, 6.07) is 5.80. The quantitative estimate of drug-likeness (QED) is 0.724. The second-order valence-corrected chi connectivity index (χ2v) is 5.76. The first-order valence-electron chi connectivity index (χ1n) is 6.66. The van der Waals surface area contributed by atoms with Crippen molar-refractivity contribution in [3.63, 3.8) is 0 Å². The third kappa shape index (κ3) is 3.53. The lowest BCUT2D eigenvalue weighted by atomic mass is 10.4. The Balaban J connectivity index is 1.64. The van der Waals surface area contributed by atoms with Crippen molar-refractivity contribution < 1.29 is 4.42 Å². The fourth-order valence-electron chi connectivity index (χ4n) is 2.06. The molecule has 21 heavy (non-hydrogen) atoms. The average Bonchev–Trinajstić information content (AvgIpc) is 3.09. The first kappa shape index (κ1) is 13.9. The number of rotatable bonds is 5. The second-order valence-electron chi connectivity index (χ2n) is 4.90. The summed E-state index contributed by atoms with van der Waals surface area (Å²) in [7, 11) is 2.05. The molecule has 5 nitrogen and oxygen atoms in total. The molecule has 0 radical (unpaired) electrons. The van der Waals surface area contributed by atoms with Crippen LogP contribution in [-0.4, -0.2) is 26.9 Å². The topological polar surface area (TPSA) is 55.1 Å². The molecule has 0 saturated heterocycles. The van der Waals surface area contributed by atoms with Gasteiger partial charge in [0, 0.05) is 24.3 Å². The molecule has 6 heteroatoms. The Labute approximate surface area is 127 Å². The highest BCUT2D eigenvalue weighted by atomic mass is 32.1. The molecule has 0 amide bonds. The molecule has 0 aliphatic heterocycles. The molecule has 0 unspecified atom stereocenters. The molecule has 3 heterocycles. The Morgan fingerprint density at radius 3 is 2.71 bits per heavy atom. The van der Waals surface area contributed by atoms with Crippen LogP contribution in [0.4, 0.5) is 0 Å². The number of aryl methyl sites for hydroxylation is 1. The maximum atomic E-state index is 5.59. The molecule has 0 N–H and O–H groups in total. The van der Waals surface area contributed by atoms with E-state index in [1.807, 2.05) is 19.1 Å². The SMILES string of the molecule is Cc1ccc(CN(C)Cc2csc(-c3ncccn3)n2)o1. The minimum atomic E-state index is 0.679. The number of nitrogens with zero attached hydrogens (tertiary/aromatic N) is 4. The Morgan fingerprint density at radius 1 is 1.19 bits per heavy atom. The average molecular weight is 300 g/mol. The van der Waals surface area contributed by atoms with Crippen LogP contribution in [0.2, 0.25) is 0 Å². The van der Waals surface area contributed by atoms with E-state index >= 15 is 0 Å². The van der Waals surface area contributed by atoms with Crippen LogP contribution in [-0.2, 0) is 13.1 Å². The van der Waals surface area contributed by atoms with Crippen molar-refractivity contribution in [3.05, 3.63) is 53.2 Å². The van der Waals surface area contributed by atoms with E-state index in [9.17, 15) is 0 Å². The van der Waals surface area contributed by atoms with E-state index in [0.717, 1.165) is 35.3 Å². The van der Waals surface area contributed by atoms with Crippen LogP contribution in [0.15, 0.2) is 40.4 Å². The van der Waals surface area contributed by atoms with Crippen LogP contribution in [0.25, 0.3) is 10.8 Å². The van der Waals surface area contributed by atoms with Crippen molar-refractivity contribution in [1.82, 2.24) is 19.9 Å². The molecule has 3 aromatic rings. The molecule has 0 aliphatic rings. The van der Waals surface area contributed by atoms with Gasteiger partial charge >= 0.3 is 0 Å². The summed E-state index contributed by atoms with van der Waals surface area (Å²) in [6.07, 6.45) is 3.46. The maximum absolute atomic E-state index is 5.59. The van der Waals surface area contributed by atoms with Gasteiger partial charge in [-0.15, -0.1) is 11.3 Å². The van der Waals surface area contributed by atoms with Crippen molar-refractivity contribution in [2.24, 2.45) is 0 Å². The van der Waals surface area contributed by atoms with E-state index in [4.69, 9.17) is 4.42 Å². The zero-order chi connectivity index (χ0) is 14.7. The zero-order valence-corrected chi connectivity index (χ0v) is 12.8. The Morgan fingerprint density at radius 2 is 2.00 bits per heavy atom. The maximum Gasteiger partial charge on any atom is 0.188 e. The standard InChI is InChI=1S/C15H16N4OS/c1-11-4-5-13(20-11)9-19(2)8-12-10-21-15(18-12)14-16-6-3-7-17-14/h3-7,10H,8-9H2,1-2H3. The predicted molar refractivity (Wildman–Crippen MR) is 81.8 cm³/mol. The molecular formula is C15H16N4OS. The molecule has 3 aromatic heterocycles. The van der Waals surface area contributed by atoms with Crippen molar-refractivity contribution in [2.45, 2.75) is 20.0 Å². The van der Waals surface area contributed by atoms with Gasteiger partial charge in [-0.05, 0) is 32.2 Å². The lowest BCUT2D eigenvalue weighted by molar-refractivity contribution is 0.283. The largest absolute Gasteiger partial charge is 0.465 e. The molecule has 0 bridgehead atoms. The van der Waals surface area contributed by atoms with Gasteiger partial charge in [0.2, 0.25) is 0 Å². The van der Waals surface area contributed by atoms with Crippen LogP contribution in [0.1, 0.15) is 17.2 Å². The number of thiazole rings is 1. The molecule has 0 aliphatic carbocycles. The Kier molecular flexibility index (Phi) is 4.08. The van der Waals surface area contributed by atoms with Gasteiger partial charge in [-0.1, -0.05) is 0 Å². The lowest BCUT2D eigenvalue weighted by Gasteiger charge is -2.13. The molecule has 0 fully saturated rings. The van der Waals surface area contributed by atoms with Crippen molar-refractivity contribution >= 4 is 11.3 Å². The highest BCUT2D eigenvalue weighted by Crippen LogP contribution is 2.20. The zero-order valence-electron chi connectivity index (χ0n) is 12.0. The summed E-state index contributed by atoms with van der Waals surface area (Å²) in [5, 5.41) is 2.91. The lowest BCUT2D eigenvalue weighted by Crippen LogP contribution is -2.17. The summed E-state index contributed by atoms with van der Waals surface area (Å²) in [5.41, 5.74) is 1.02. The van der Waals surface area contributed by atoms with Crippen LogP contribution in [0.3, 0.4) is 0 Å². The summed E-state index contributed by atoms with van der Waals surface area (Å²) < 4.78 is 5.59. The van der Waals surface area contributed by atoms with Gasteiger partial charge in [-0.25, -0.2) is 15.0 Å². The smallest absolute Gasteiger partial charge is 0.188 e. The van der Waals surface area contributed by atoms with Crippen molar-refractivity contribution in [1.29, 1.82) is 0 Å². The predicted octanol–water partition coefficient (Wildman–Crippen LogP) is 3.13. The molecular weight excluding hydrogens is 284 g/mol. The van der Waals surface area contributed by atoms with Crippen LogP contribution < -0.4 is 0 Å². The van der Waals surface area contributed by atoms with E-state index in [1.165, 1.54) is 0 Å². The summed E-state index contributed by atoms with van der Waals surface area (Å²) in [6.45, 7) is 3.49. The number of hydrogen-bond acceptors (Lipinski definition) is 6. The number of furan rings is 1. The second kappa shape index (κ2) is 6.15. The summed E-state index contributed by atoms with van der Waals surface area (Å²) in [5.74, 6) is 2.59. The van der Waals surface area contributed by atoms with Gasteiger partial charge in [-0.2, -0.15) is 0 Å². The molecule has 0 aromatic carbocycles. The molecule has 108 valence electrons. The van der Waals surface area contributed by atoms with Crippen LogP contribution in [0.5, 0.6) is 0 Å². The highest BCUT2D eigenvalue weighted by molar-refractivity contribution is 7.13. The van der Waals surface area contributed by atoms with Gasteiger partial charge in [-0.3, -0.25) is 4.90 Å². The monoisotopic (exact) mass is 300 g/mol. The van der Waals surface area contributed by atoms with Crippen molar-refractivity contribution in [2.75, 3.05) is 7.05 Å². The van der Waals surface area contributed by atoms with Gasteiger partial charge in [0.25, 0.3) is 0 Å². The highest BCUT2D eigenvalue weighted by Gasteiger charge is 2.10. The molecule has 3 rings (SSSR count). The van der Waals surface area contributed by atoms with Crippen LogP contribution in [0, 0.1) is 6.92 Å². The van der Waals surface area contributed by atoms with Crippen LogP contribution >= 0.6 is 11.3 Å². The van der Waals surface area contributed by atoms with Gasteiger partial charge in [0.15, 0.2) is 10.8 Å². The van der Waals surface area contributed by atoms with E-state index < -0.39 is 0 Å². The van der Waals surface area contributed by atoms with Gasteiger partial charge < -0.3 is 4.42 Å².